The number of ether oxygens (including phenoxy) is 1. The van der Waals surface area contributed by atoms with Gasteiger partial charge in [0.1, 0.15) is 11.3 Å². The summed E-state index contributed by atoms with van der Waals surface area (Å²) >= 11 is 0. The van der Waals surface area contributed by atoms with E-state index in [0.29, 0.717) is 22.7 Å². The van der Waals surface area contributed by atoms with E-state index in [0.717, 1.165) is 18.2 Å². The highest BCUT2D eigenvalue weighted by Gasteiger charge is 2.29. The first-order chi connectivity index (χ1) is 13.6. The Balaban J connectivity index is 1.35. The van der Waals surface area contributed by atoms with Crippen molar-refractivity contribution in [3.63, 3.8) is 0 Å². The first-order valence-electron chi connectivity index (χ1n) is 8.94. The molecule has 3 aromatic rings. The topological polar surface area (TPSA) is 97.6 Å². The lowest BCUT2D eigenvalue weighted by atomic mass is 10.2. The fraction of sp³-hybridized carbons (Fsp3) is 0.190. The summed E-state index contributed by atoms with van der Waals surface area (Å²) in [5, 5.41) is 6.33. The molecule has 1 heterocycles. The Morgan fingerprint density at radius 2 is 1.75 bits per heavy atom. The predicted molar refractivity (Wildman–Crippen MR) is 104 cm³/mol. The van der Waals surface area contributed by atoms with Crippen molar-refractivity contribution in [3.8, 4) is 5.75 Å². The predicted octanol–water partition coefficient (Wildman–Crippen LogP) is 3.16. The number of benzene rings is 2. The highest BCUT2D eigenvalue weighted by atomic mass is 16.5. The van der Waals surface area contributed by atoms with Gasteiger partial charge in [0.05, 0.1) is 0 Å². The van der Waals surface area contributed by atoms with Crippen LogP contribution in [0.25, 0.3) is 11.0 Å². The lowest BCUT2D eigenvalue weighted by Crippen LogP contribution is -2.20. The number of anilines is 2. The van der Waals surface area contributed by atoms with Gasteiger partial charge in [-0.2, -0.15) is 0 Å². The van der Waals surface area contributed by atoms with Gasteiger partial charge in [0.15, 0.2) is 6.61 Å². The molecular weight excluding hydrogens is 360 g/mol. The van der Waals surface area contributed by atoms with Crippen LogP contribution >= 0.6 is 0 Å². The molecule has 2 amide bonds. The first-order valence-corrected chi connectivity index (χ1v) is 8.94. The van der Waals surface area contributed by atoms with Crippen LogP contribution in [0.2, 0.25) is 0 Å². The summed E-state index contributed by atoms with van der Waals surface area (Å²) in [6.07, 6.45) is 1.86. The van der Waals surface area contributed by atoms with Crippen molar-refractivity contribution in [2.45, 2.75) is 12.8 Å². The number of rotatable bonds is 6. The molecule has 0 saturated heterocycles. The van der Waals surface area contributed by atoms with Gasteiger partial charge in [-0.15, -0.1) is 0 Å². The summed E-state index contributed by atoms with van der Waals surface area (Å²) in [5.74, 6) is 0.190. The minimum absolute atomic E-state index is 0.00904. The molecule has 0 bridgehead atoms. The lowest BCUT2D eigenvalue weighted by molar-refractivity contribution is -0.118. The van der Waals surface area contributed by atoms with E-state index in [4.69, 9.17) is 9.15 Å². The summed E-state index contributed by atoms with van der Waals surface area (Å²) in [7, 11) is 0. The van der Waals surface area contributed by atoms with Gasteiger partial charge in [0, 0.05) is 34.8 Å². The fourth-order valence-corrected chi connectivity index (χ4v) is 2.74. The van der Waals surface area contributed by atoms with Gasteiger partial charge in [-0.1, -0.05) is 6.07 Å². The van der Waals surface area contributed by atoms with Crippen LogP contribution in [-0.4, -0.2) is 18.4 Å². The molecular formula is C21H18N2O5. The summed E-state index contributed by atoms with van der Waals surface area (Å²) in [5.41, 5.74) is 1.15. The van der Waals surface area contributed by atoms with Crippen molar-refractivity contribution < 1.29 is 18.7 Å². The van der Waals surface area contributed by atoms with Crippen LogP contribution < -0.4 is 21.0 Å². The third-order valence-corrected chi connectivity index (χ3v) is 4.33. The third kappa shape index (κ3) is 4.37. The second kappa shape index (κ2) is 7.56. The molecule has 1 fully saturated rings. The largest absolute Gasteiger partial charge is 0.484 e. The van der Waals surface area contributed by atoms with E-state index >= 15 is 0 Å². The molecule has 2 aromatic carbocycles. The van der Waals surface area contributed by atoms with Crippen molar-refractivity contribution in [3.05, 3.63) is 65.0 Å². The van der Waals surface area contributed by atoms with Crippen molar-refractivity contribution in [2.75, 3.05) is 17.2 Å². The van der Waals surface area contributed by atoms with Gasteiger partial charge in [-0.3, -0.25) is 9.59 Å². The zero-order valence-electron chi connectivity index (χ0n) is 14.9. The number of carbonyl (C=O) groups is 2. The van der Waals surface area contributed by atoms with E-state index in [1.54, 1.807) is 48.5 Å². The quantitative estimate of drug-likeness (QED) is 0.642. The van der Waals surface area contributed by atoms with E-state index in [2.05, 4.69) is 10.6 Å². The number of amides is 2. The van der Waals surface area contributed by atoms with Gasteiger partial charge in [-0.25, -0.2) is 4.79 Å². The standard InChI is InChI=1S/C21H18N2O5/c24-19(12-27-17-8-6-13-7-9-20(25)28-18(13)11-17)22-15-2-1-3-16(10-15)23-21(26)14-4-5-14/h1-3,6-11,14H,4-5,12H2,(H,22,24)(H,23,26). The van der Waals surface area contributed by atoms with Gasteiger partial charge in [0.25, 0.3) is 5.91 Å². The zero-order chi connectivity index (χ0) is 19.5. The maximum absolute atomic E-state index is 12.2. The Hall–Kier alpha value is -3.61. The molecule has 28 heavy (non-hydrogen) atoms. The number of nitrogens with one attached hydrogen (secondary N) is 2. The number of fused-ring (bicyclic) bond motifs is 1. The SMILES string of the molecule is O=C(COc1ccc2ccc(=O)oc2c1)Nc1cccc(NC(=O)C2CC2)c1. The molecule has 7 heteroatoms. The van der Waals surface area contributed by atoms with E-state index in [-0.39, 0.29) is 24.3 Å². The molecule has 0 atom stereocenters. The Labute approximate surface area is 160 Å². The fourth-order valence-electron chi connectivity index (χ4n) is 2.74. The van der Waals surface area contributed by atoms with Crippen LogP contribution in [0.5, 0.6) is 5.75 Å². The molecule has 1 aromatic heterocycles. The normalized spacial score (nSPS) is 13.1. The summed E-state index contributed by atoms with van der Waals surface area (Å²) in [6, 6.07) is 15.0. The van der Waals surface area contributed by atoms with Gasteiger partial charge in [-0.05, 0) is 49.2 Å². The van der Waals surface area contributed by atoms with E-state index in [9.17, 15) is 14.4 Å². The molecule has 0 spiro atoms. The average molecular weight is 378 g/mol. The highest BCUT2D eigenvalue weighted by molar-refractivity contribution is 5.96. The van der Waals surface area contributed by atoms with E-state index < -0.39 is 5.63 Å². The summed E-state index contributed by atoms with van der Waals surface area (Å²) < 4.78 is 10.6. The van der Waals surface area contributed by atoms with Gasteiger partial charge < -0.3 is 19.8 Å². The molecule has 142 valence electrons. The van der Waals surface area contributed by atoms with Crippen LogP contribution in [0.4, 0.5) is 11.4 Å². The molecule has 2 N–H and O–H groups in total. The second-order valence-corrected chi connectivity index (χ2v) is 6.64. The minimum atomic E-state index is -0.448. The van der Waals surface area contributed by atoms with Crippen molar-refractivity contribution in [1.82, 2.24) is 0 Å². The average Bonchev–Trinajstić information content (AvgIpc) is 3.51. The van der Waals surface area contributed by atoms with Crippen LogP contribution in [0.3, 0.4) is 0 Å². The van der Waals surface area contributed by atoms with Gasteiger partial charge in [0.2, 0.25) is 5.91 Å². The van der Waals surface area contributed by atoms with Crippen molar-refractivity contribution >= 4 is 34.2 Å². The van der Waals surface area contributed by atoms with Crippen LogP contribution in [0.1, 0.15) is 12.8 Å². The number of hydrogen-bond donors (Lipinski definition) is 2. The van der Waals surface area contributed by atoms with Crippen molar-refractivity contribution in [1.29, 1.82) is 0 Å². The Kier molecular flexibility index (Phi) is 4.80. The van der Waals surface area contributed by atoms with Crippen LogP contribution in [-0.2, 0) is 9.59 Å². The zero-order valence-corrected chi connectivity index (χ0v) is 14.9. The number of carbonyl (C=O) groups excluding carboxylic acids is 2. The molecule has 0 unspecified atom stereocenters. The van der Waals surface area contributed by atoms with E-state index in [1.807, 2.05) is 0 Å². The summed E-state index contributed by atoms with van der Waals surface area (Å²) in [6.45, 7) is -0.207. The Bertz CT molecular complexity index is 1100. The molecule has 1 aliphatic rings. The second-order valence-electron chi connectivity index (χ2n) is 6.64. The number of hydrogen-bond acceptors (Lipinski definition) is 5. The maximum Gasteiger partial charge on any atom is 0.336 e. The lowest BCUT2D eigenvalue weighted by Gasteiger charge is -2.10. The molecule has 0 aliphatic heterocycles. The monoisotopic (exact) mass is 378 g/mol. The Morgan fingerprint density at radius 1 is 1.00 bits per heavy atom. The molecule has 1 saturated carbocycles. The molecule has 7 nitrogen and oxygen atoms in total. The van der Waals surface area contributed by atoms with Crippen LogP contribution in [0, 0.1) is 5.92 Å². The molecule has 4 rings (SSSR count). The third-order valence-electron chi connectivity index (χ3n) is 4.33. The summed E-state index contributed by atoms with van der Waals surface area (Å²) in [4.78, 5) is 35.3. The molecule has 0 radical (unpaired) electrons. The smallest absolute Gasteiger partial charge is 0.336 e. The van der Waals surface area contributed by atoms with Gasteiger partial charge >= 0.3 is 5.63 Å². The van der Waals surface area contributed by atoms with E-state index in [1.165, 1.54) is 6.07 Å². The van der Waals surface area contributed by atoms with Crippen molar-refractivity contribution in [2.24, 2.45) is 5.92 Å². The Morgan fingerprint density at radius 3 is 2.54 bits per heavy atom. The minimum Gasteiger partial charge on any atom is -0.484 e. The maximum atomic E-state index is 12.2. The van der Waals surface area contributed by atoms with Crippen LogP contribution in [0.15, 0.2) is 63.8 Å². The molecule has 1 aliphatic carbocycles. The first kappa shape index (κ1) is 17.8. The highest BCUT2D eigenvalue weighted by Crippen LogP contribution is 2.30.